The summed E-state index contributed by atoms with van der Waals surface area (Å²) in [6.07, 6.45) is 0. The molecule has 0 fully saturated rings. The third-order valence-corrected chi connectivity index (χ3v) is 29.6. The lowest BCUT2D eigenvalue weighted by Crippen LogP contribution is -2.61. The molecule has 0 saturated carbocycles. The molecule has 2 aliphatic heterocycles. The van der Waals surface area contributed by atoms with Crippen LogP contribution in [-0.4, -0.2) is 15.7 Å². The number of hydrogen-bond donors (Lipinski definition) is 0. The Labute approximate surface area is 812 Å². The number of nitrogens with zero attached hydrogens (tertiary/aromatic N) is 4. The van der Waals surface area contributed by atoms with Crippen molar-refractivity contribution in [2.45, 2.75) is 105 Å². The summed E-state index contributed by atoms with van der Waals surface area (Å²) in [5.41, 5.74) is 31.6. The van der Waals surface area contributed by atoms with E-state index in [2.05, 4.69) is 364 Å². The molecule has 0 atom stereocenters. The van der Waals surface area contributed by atoms with Crippen LogP contribution in [0.5, 0.6) is 0 Å². The number of fused-ring (bicyclic) bond motifs is 24. The van der Waals surface area contributed by atoms with Gasteiger partial charge in [-0.2, -0.15) is 0 Å². The molecule has 0 unspecified atom stereocenters. The zero-order valence-electron chi connectivity index (χ0n) is 85.9. The zero-order valence-corrected chi connectivity index (χ0v) is 78.9. The Morgan fingerprint density at radius 1 is 0.254 bits per heavy atom. The van der Waals surface area contributed by atoms with Gasteiger partial charge < -0.3 is 32.0 Å². The summed E-state index contributed by atoms with van der Waals surface area (Å²) in [5.74, 6) is 0. The van der Waals surface area contributed by atoms with Crippen LogP contribution in [0.25, 0.3) is 209 Å². The molecule has 138 heavy (non-hydrogen) atoms. The average molecular weight is 1780 g/mol. The van der Waals surface area contributed by atoms with Crippen molar-refractivity contribution >= 4 is 183 Å². The predicted octanol–water partition coefficient (Wildman–Crippen LogP) is 34.6. The molecule has 0 N–H and O–H groups in total. The highest BCUT2D eigenvalue weighted by atomic mass is 16.3. The minimum Gasteiger partial charge on any atom is -0.456 e. The Hall–Kier alpha value is -16.2. The first-order chi connectivity index (χ1) is 69.9. The fourth-order valence-electron chi connectivity index (χ4n) is 22.7. The standard InChI is InChI=1S/C130H99BN4O3/c1-127(2,3)85-54-59-96-108(73-85)133-109-74-86(128(4,5)6)55-60-97(109)120-124(133)119(96)125-121-126(120)135(122-99(77-34-18-14-19-35-77)69-87(129(7,8)9)70-100(122)78-36-20-15-21-37-78)111-75-89(132-106-45-26-22-40-91(106)103-65-81(53-63-107(103)132)80-39-30-38-79(64-80)76-32-16-13-17-33-76)56-62-105(111)131(121)104-61-52-82(90-44-31-49-115-118(90)98-43-25-29-48-114(98)136-115)66-110(104)134(125)123-101(83-50-57-94-92-41-23-27-46-112(92)137-116(94)67-83)71-88(130(10,11)12)72-102(123)84-51-58-95-93-42-24-28-47-113(93)138-117(95)68-84/h13-75H,1-12H3/i22D,26D,40D,45D,53D,63D,65D. The van der Waals surface area contributed by atoms with E-state index in [0.717, 1.165) is 238 Å². The van der Waals surface area contributed by atoms with Gasteiger partial charge in [0.2, 0.25) is 0 Å². The topological polar surface area (TPSA) is 55.2 Å². The predicted molar refractivity (Wildman–Crippen MR) is 584 cm³/mol. The lowest BCUT2D eigenvalue weighted by molar-refractivity contribution is 0.590. The molecule has 0 aliphatic carbocycles. The highest BCUT2D eigenvalue weighted by Gasteiger charge is 2.50. The number of rotatable bonds is 10. The van der Waals surface area contributed by atoms with Crippen LogP contribution in [0, 0.1) is 0 Å². The van der Waals surface area contributed by atoms with E-state index in [-0.39, 0.29) is 68.4 Å². The van der Waals surface area contributed by atoms with E-state index in [1.165, 1.54) is 5.56 Å². The molecule has 8 heteroatoms. The summed E-state index contributed by atoms with van der Waals surface area (Å²) < 4.78 is 98.2. The minimum absolute atomic E-state index is 0.0738. The molecule has 0 amide bonds. The van der Waals surface area contributed by atoms with Gasteiger partial charge in [0, 0.05) is 104 Å². The zero-order chi connectivity index (χ0) is 99.1. The Morgan fingerprint density at radius 3 is 1.22 bits per heavy atom. The molecule has 25 aromatic rings. The second-order valence-corrected chi connectivity index (χ2v) is 42.1. The van der Waals surface area contributed by atoms with E-state index in [1.807, 2.05) is 72.8 Å². The smallest absolute Gasteiger partial charge is 0.252 e. The van der Waals surface area contributed by atoms with Crippen molar-refractivity contribution in [2.75, 3.05) is 9.80 Å². The van der Waals surface area contributed by atoms with Crippen LogP contribution >= 0.6 is 0 Å². The molecule has 0 spiro atoms. The normalized spacial score (nSPS) is 13.9. The number of para-hydroxylation sites is 4. The Balaban J connectivity index is 0.883. The number of hydrogen-bond acceptors (Lipinski definition) is 5. The SMILES string of the molecule is [2H]c1c([2H])c([2H])c2c(c1[2H])c1c([2H])c(-c3cccc(-c4ccccc4)c3)c([2H])c([2H])c1n2-c1ccc2c(c1)N(c1c(-c3ccccc3)cc(C(C)(C)C)cc1-c1ccccc1)c1c3c(c4c5ccc(C(C)(C)C)cc5n5c6cc(C(C)(C)C)ccc6c1c45)N(c1c(-c4ccc5c(c4)oc4ccccc45)cc(C(C)(C)C)cc1-c1ccc4c(c1)oc1ccccc14)c1cc(-c4cccc5oc6ccccc6c45)ccc1B23. The van der Waals surface area contributed by atoms with Crippen LogP contribution in [0.3, 0.4) is 0 Å². The fraction of sp³-hybridized carbons (Fsp3) is 0.123. The van der Waals surface area contributed by atoms with Crippen molar-refractivity contribution in [1.29, 1.82) is 0 Å². The highest BCUT2D eigenvalue weighted by molar-refractivity contribution is 7.01. The first kappa shape index (κ1) is 74.2. The summed E-state index contributed by atoms with van der Waals surface area (Å²) in [7, 11) is 0. The van der Waals surface area contributed by atoms with E-state index in [0.29, 0.717) is 11.3 Å². The van der Waals surface area contributed by atoms with Gasteiger partial charge in [-0.05, 0) is 243 Å². The summed E-state index contributed by atoms with van der Waals surface area (Å²) in [5, 5.41) is 10.4. The van der Waals surface area contributed by atoms with Gasteiger partial charge in [0.05, 0.1) is 59.9 Å². The van der Waals surface area contributed by atoms with Crippen molar-refractivity contribution in [3.63, 3.8) is 0 Å². The summed E-state index contributed by atoms with van der Waals surface area (Å²) in [6.45, 7) is 27.0. The van der Waals surface area contributed by atoms with Crippen LogP contribution in [0.4, 0.5) is 34.1 Å². The number of benzene rings is 19. The maximum absolute atomic E-state index is 10.9. The van der Waals surface area contributed by atoms with Crippen molar-refractivity contribution in [1.82, 2.24) is 8.97 Å². The maximum atomic E-state index is 10.9. The minimum atomic E-state index is -0.688. The monoisotopic (exact) mass is 1780 g/mol. The van der Waals surface area contributed by atoms with Crippen molar-refractivity contribution < 1.29 is 22.8 Å². The van der Waals surface area contributed by atoms with Crippen LogP contribution in [-0.2, 0) is 21.7 Å². The third-order valence-electron chi connectivity index (χ3n) is 29.6. The lowest BCUT2D eigenvalue weighted by Gasteiger charge is -2.46. The van der Waals surface area contributed by atoms with E-state index >= 15 is 0 Å². The molecule has 27 rings (SSSR count). The summed E-state index contributed by atoms with van der Waals surface area (Å²) in [6, 6.07) is 120. The van der Waals surface area contributed by atoms with Crippen LogP contribution in [0.2, 0.25) is 0 Å². The molecule has 660 valence electrons. The van der Waals surface area contributed by atoms with Gasteiger partial charge in [-0.15, -0.1) is 0 Å². The molecule has 7 nitrogen and oxygen atoms in total. The molecular weight excluding hydrogens is 1680 g/mol. The molecule has 0 saturated heterocycles. The van der Waals surface area contributed by atoms with Crippen LogP contribution < -0.4 is 26.2 Å². The first-order valence-electron chi connectivity index (χ1n) is 51.5. The van der Waals surface area contributed by atoms with Gasteiger partial charge in [0.15, 0.2) is 0 Å². The number of aromatic nitrogens is 2. The second-order valence-electron chi connectivity index (χ2n) is 42.1. The molecule has 19 aromatic carbocycles. The number of anilines is 6. The molecule has 8 heterocycles. The molecule has 2 aliphatic rings. The first-order valence-corrected chi connectivity index (χ1v) is 48.0. The van der Waals surface area contributed by atoms with Gasteiger partial charge in [0.25, 0.3) is 6.71 Å². The maximum Gasteiger partial charge on any atom is 0.252 e. The van der Waals surface area contributed by atoms with Crippen LogP contribution in [0.1, 0.15) is 115 Å². The van der Waals surface area contributed by atoms with Crippen LogP contribution in [0.15, 0.2) is 395 Å². The van der Waals surface area contributed by atoms with E-state index in [1.54, 1.807) is 4.57 Å². The Morgan fingerprint density at radius 2 is 0.674 bits per heavy atom. The molecule has 0 bridgehead atoms. The lowest BCUT2D eigenvalue weighted by atomic mass is 9.33. The highest BCUT2D eigenvalue weighted by Crippen LogP contribution is 2.61. The summed E-state index contributed by atoms with van der Waals surface area (Å²) >= 11 is 0. The van der Waals surface area contributed by atoms with Gasteiger partial charge in [-0.1, -0.05) is 338 Å². The van der Waals surface area contributed by atoms with E-state index < -0.39 is 29.6 Å². The van der Waals surface area contributed by atoms with E-state index in [4.69, 9.17) is 13.3 Å². The van der Waals surface area contributed by atoms with Gasteiger partial charge in [-0.3, -0.25) is 0 Å². The second kappa shape index (κ2) is 29.7. The quantitative estimate of drug-likeness (QED) is 0.128. The third kappa shape index (κ3) is 12.3. The molecule has 0 radical (unpaired) electrons. The molecular formula is C130H99BN4O3. The largest absolute Gasteiger partial charge is 0.456 e. The Bertz CT molecular complexity index is 9740. The number of furan rings is 3. The van der Waals surface area contributed by atoms with E-state index in [9.17, 15) is 9.60 Å². The van der Waals surface area contributed by atoms with Crippen molar-refractivity contribution in [3.8, 4) is 83.6 Å². The van der Waals surface area contributed by atoms with Gasteiger partial charge in [0.1, 0.15) is 33.5 Å². The molecule has 6 aromatic heterocycles. The summed E-state index contributed by atoms with van der Waals surface area (Å²) in [4.78, 5) is 5.30. The average Bonchev–Trinajstić information content (AvgIpc) is 1.52. The Kier molecular flexibility index (Phi) is 16.0. The van der Waals surface area contributed by atoms with Gasteiger partial charge >= 0.3 is 0 Å². The van der Waals surface area contributed by atoms with Gasteiger partial charge in [-0.25, -0.2) is 0 Å². The van der Waals surface area contributed by atoms with Crippen molar-refractivity contribution in [3.05, 3.63) is 404 Å². The fourth-order valence-corrected chi connectivity index (χ4v) is 22.7. The van der Waals surface area contributed by atoms with Crippen molar-refractivity contribution in [2.24, 2.45) is 0 Å².